The highest BCUT2D eigenvalue weighted by Gasteiger charge is 2.34. The zero-order valence-electron chi connectivity index (χ0n) is 10.8. The molecular weight excluding hydrogens is 293 g/mol. The number of hydrogen-bond acceptors (Lipinski definition) is 5. The molecule has 1 atom stereocenters. The van der Waals surface area contributed by atoms with E-state index in [1.54, 1.807) is 4.90 Å². The highest BCUT2D eigenvalue weighted by atomic mass is 19.4. The zero-order valence-corrected chi connectivity index (χ0v) is 10.8. The summed E-state index contributed by atoms with van der Waals surface area (Å²) in [4.78, 5) is 11.7. The van der Waals surface area contributed by atoms with Crippen LogP contribution in [0.2, 0.25) is 0 Å². The summed E-state index contributed by atoms with van der Waals surface area (Å²) in [6, 6.07) is 2.42. The van der Waals surface area contributed by atoms with Crippen molar-refractivity contribution in [1.82, 2.24) is 0 Å². The third-order valence-electron chi connectivity index (χ3n) is 3.18. The van der Waals surface area contributed by atoms with Crippen LogP contribution in [0.4, 0.5) is 24.5 Å². The minimum atomic E-state index is -4.64. The van der Waals surface area contributed by atoms with Crippen molar-refractivity contribution >= 4 is 11.4 Å². The van der Waals surface area contributed by atoms with Gasteiger partial charge in [-0.25, -0.2) is 0 Å². The van der Waals surface area contributed by atoms with Gasteiger partial charge in [0.15, 0.2) is 0 Å². The number of hydrogen-bond donors (Lipinski definition) is 1. The van der Waals surface area contributed by atoms with Crippen LogP contribution in [0.5, 0.6) is 0 Å². The third-order valence-corrected chi connectivity index (χ3v) is 3.18. The SMILES string of the molecule is O=[N+]([O-])c1cc(C(F)(F)F)ccc1N1CCOC(CO)C1. The molecule has 0 spiro atoms. The molecule has 2 rings (SSSR count). The number of rotatable bonds is 3. The molecule has 116 valence electrons. The van der Waals surface area contributed by atoms with Crippen LogP contribution in [0.1, 0.15) is 5.56 Å². The molecule has 6 nitrogen and oxygen atoms in total. The first-order valence-corrected chi connectivity index (χ1v) is 6.16. The second kappa shape index (κ2) is 5.86. The van der Waals surface area contributed by atoms with Crippen LogP contribution < -0.4 is 4.90 Å². The molecule has 0 aliphatic carbocycles. The van der Waals surface area contributed by atoms with Gasteiger partial charge in [-0.15, -0.1) is 0 Å². The van der Waals surface area contributed by atoms with E-state index in [1.165, 1.54) is 0 Å². The van der Waals surface area contributed by atoms with Gasteiger partial charge >= 0.3 is 6.18 Å². The maximum absolute atomic E-state index is 12.6. The Morgan fingerprint density at radius 3 is 2.76 bits per heavy atom. The van der Waals surface area contributed by atoms with Gasteiger partial charge in [0.05, 0.1) is 29.8 Å². The molecule has 0 aromatic heterocycles. The van der Waals surface area contributed by atoms with Crippen LogP contribution in [0.3, 0.4) is 0 Å². The predicted octanol–water partition coefficient (Wildman–Crippen LogP) is 1.81. The van der Waals surface area contributed by atoms with Crippen molar-refractivity contribution in [3.63, 3.8) is 0 Å². The number of aliphatic hydroxyl groups excluding tert-OH is 1. The number of alkyl halides is 3. The molecule has 1 aliphatic heterocycles. The van der Waals surface area contributed by atoms with Crippen LogP contribution in [0.25, 0.3) is 0 Å². The number of nitro groups is 1. The van der Waals surface area contributed by atoms with Crippen LogP contribution in [0.15, 0.2) is 18.2 Å². The molecule has 1 aliphatic rings. The molecular formula is C12H13F3N2O4. The molecule has 0 radical (unpaired) electrons. The summed E-state index contributed by atoms with van der Waals surface area (Å²) in [7, 11) is 0. The van der Waals surface area contributed by atoms with Gasteiger partial charge < -0.3 is 14.7 Å². The van der Waals surface area contributed by atoms with Crippen LogP contribution >= 0.6 is 0 Å². The predicted molar refractivity (Wildman–Crippen MR) is 67.1 cm³/mol. The van der Waals surface area contributed by atoms with E-state index in [4.69, 9.17) is 9.84 Å². The Bertz CT molecular complexity index is 536. The summed E-state index contributed by atoms with van der Waals surface area (Å²) < 4.78 is 43.1. The van der Waals surface area contributed by atoms with Crippen molar-refractivity contribution in [3.8, 4) is 0 Å². The molecule has 1 aromatic rings. The Labute approximate surface area is 117 Å². The Hall–Kier alpha value is -1.87. The number of halogens is 3. The number of benzene rings is 1. The Morgan fingerprint density at radius 1 is 1.48 bits per heavy atom. The Morgan fingerprint density at radius 2 is 2.19 bits per heavy atom. The molecule has 1 unspecified atom stereocenters. The van der Waals surface area contributed by atoms with Gasteiger partial charge in [0, 0.05) is 19.2 Å². The van der Waals surface area contributed by atoms with Crippen molar-refractivity contribution < 1.29 is 27.9 Å². The fourth-order valence-electron chi connectivity index (χ4n) is 2.16. The molecule has 1 heterocycles. The topological polar surface area (TPSA) is 75.8 Å². The normalized spacial score (nSPS) is 19.6. The lowest BCUT2D eigenvalue weighted by atomic mass is 10.1. The van der Waals surface area contributed by atoms with Crippen molar-refractivity contribution in [2.75, 3.05) is 31.2 Å². The number of aliphatic hydroxyl groups is 1. The number of morpholine rings is 1. The first-order valence-electron chi connectivity index (χ1n) is 6.16. The standard InChI is InChI=1S/C12H13F3N2O4/c13-12(14,15)8-1-2-10(11(5-8)17(19)20)16-3-4-21-9(6-16)7-18/h1-2,5,9,18H,3-4,6-7H2. The molecule has 0 amide bonds. The summed E-state index contributed by atoms with van der Waals surface area (Å²) in [6.45, 7) is 0.472. The minimum Gasteiger partial charge on any atom is -0.394 e. The van der Waals surface area contributed by atoms with E-state index >= 15 is 0 Å². The minimum absolute atomic E-state index is 0.0924. The average Bonchev–Trinajstić information content (AvgIpc) is 2.45. The van der Waals surface area contributed by atoms with E-state index in [1.807, 2.05) is 0 Å². The summed E-state index contributed by atoms with van der Waals surface area (Å²) in [5.74, 6) is 0. The summed E-state index contributed by atoms with van der Waals surface area (Å²) in [5.41, 5.74) is -1.58. The molecule has 21 heavy (non-hydrogen) atoms. The van der Waals surface area contributed by atoms with Crippen LogP contribution in [0, 0.1) is 10.1 Å². The van der Waals surface area contributed by atoms with E-state index in [2.05, 4.69) is 0 Å². The summed E-state index contributed by atoms with van der Waals surface area (Å²) >= 11 is 0. The fraction of sp³-hybridized carbons (Fsp3) is 0.500. The average molecular weight is 306 g/mol. The molecule has 1 fully saturated rings. The number of ether oxygens (including phenoxy) is 1. The Kier molecular flexibility index (Phi) is 4.33. The van der Waals surface area contributed by atoms with Crippen molar-refractivity contribution in [1.29, 1.82) is 0 Å². The van der Waals surface area contributed by atoms with Gasteiger partial charge in [-0.2, -0.15) is 13.2 Å². The molecule has 0 bridgehead atoms. The van der Waals surface area contributed by atoms with Crippen molar-refractivity contribution in [2.45, 2.75) is 12.3 Å². The van der Waals surface area contributed by atoms with E-state index in [0.29, 0.717) is 12.6 Å². The molecule has 9 heteroatoms. The maximum Gasteiger partial charge on any atom is 0.416 e. The summed E-state index contributed by atoms with van der Waals surface area (Å²) in [6.07, 6.45) is -5.15. The van der Waals surface area contributed by atoms with Gasteiger partial charge in [0.25, 0.3) is 5.69 Å². The second-order valence-electron chi connectivity index (χ2n) is 4.58. The molecule has 0 saturated carbocycles. The lowest BCUT2D eigenvalue weighted by molar-refractivity contribution is -0.384. The number of anilines is 1. The van der Waals surface area contributed by atoms with Crippen LogP contribution in [-0.4, -0.2) is 42.4 Å². The van der Waals surface area contributed by atoms with E-state index in [-0.39, 0.29) is 25.4 Å². The third kappa shape index (κ3) is 3.42. The molecule has 1 saturated heterocycles. The first-order chi connectivity index (χ1) is 9.82. The quantitative estimate of drug-likeness (QED) is 0.681. The molecule has 1 N–H and O–H groups in total. The highest BCUT2D eigenvalue weighted by Crippen LogP contribution is 2.36. The van der Waals surface area contributed by atoms with E-state index in [9.17, 15) is 23.3 Å². The van der Waals surface area contributed by atoms with Crippen LogP contribution in [-0.2, 0) is 10.9 Å². The zero-order chi connectivity index (χ0) is 15.6. The van der Waals surface area contributed by atoms with Gasteiger partial charge in [0.1, 0.15) is 5.69 Å². The fourth-order valence-corrected chi connectivity index (χ4v) is 2.16. The number of nitrogens with zero attached hydrogens (tertiary/aromatic N) is 2. The first kappa shape index (κ1) is 15.5. The summed E-state index contributed by atoms with van der Waals surface area (Å²) in [5, 5.41) is 20.1. The van der Waals surface area contributed by atoms with Gasteiger partial charge in [0.2, 0.25) is 0 Å². The lowest BCUT2D eigenvalue weighted by Gasteiger charge is -2.33. The smallest absolute Gasteiger partial charge is 0.394 e. The van der Waals surface area contributed by atoms with Gasteiger partial charge in [-0.3, -0.25) is 10.1 Å². The van der Waals surface area contributed by atoms with E-state index < -0.39 is 28.5 Å². The van der Waals surface area contributed by atoms with Crippen molar-refractivity contribution in [3.05, 3.63) is 33.9 Å². The highest BCUT2D eigenvalue weighted by molar-refractivity contribution is 5.65. The second-order valence-corrected chi connectivity index (χ2v) is 4.58. The van der Waals surface area contributed by atoms with Crippen molar-refractivity contribution in [2.24, 2.45) is 0 Å². The monoisotopic (exact) mass is 306 g/mol. The lowest BCUT2D eigenvalue weighted by Crippen LogP contribution is -2.44. The van der Waals surface area contributed by atoms with Gasteiger partial charge in [-0.1, -0.05) is 0 Å². The maximum atomic E-state index is 12.6. The van der Waals surface area contributed by atoms with Gasteiger partial charge in [-0.05, 0) is 12.1 Å². The van der Waals surface area contributed by atoms with E-state index in [0.717, 1.165) is 12.1 Å². The number of nitro benzene ring substituents is 1. The Balaban J connectivity index is 2.37. The molecule has 1 aromatic carbocycles. The largest absolute Gasteiger partial charge is 0.416 e.